The molecule has 1 saturated heterocycles. The van der Waals surface area contributed by atoms with Crippen LogP contribution in [0.5, 0.6) is 0 Å². The Morgan fingerprint density at radius 2 is 1.96 bits per heavy atom. The lowest BCUT2D eigenvalue weighted by atomic mass is 9.98. The molecule has 1 aliphatic carbocycles. The molecule has 0 N–H and O–H groups in total. The normalized spacial score (nSPS) is 20.4. The number of thiocarbonyl (C=S) groups is 1. The molecule has 0 bridgehead atoms. The van der Waals surface area contributed by atoms with Crippen LogP contribution < -0.4 is 0 Å². The molecule has 1 amide bonds. The number of benzene rings is 1. The number of carbonyl (C=O) groups excluding carboxylic acids is 2. The molecule has 1 aromatic rings. The summed E-state index contributed by atoms with van der Waals surface area (Å²) in [7, 11) is 0. The van der Waals surface area contributed by atoms with Crippen molar-refractivity contribution in [2.24, 2.45) is 0 Å². The third kappa shape index (κ3) is 4.70. The molecule has 6 heteroatoms. The van der Waals surface area contributed by atoms with Crippen LogP contribution in [0.4, 0.5) is 0 Å². The van der Waals surface area contributed by atoms with Crippen LogP contribution in [0.1, 0.15) is 43.2 Å². The van der Waals surface area contributed by atoms with E-state index >= 15 is 0 Å². The van der Waals surface area contributed by atoms with Crippen molar-refractivity contribution in [3.8, 4) is 0 Å². The van der Waals surface area contributed by atoms with Gasteiger partial charge in [-0.25, -0.2) is 0 Å². The van der Waals surface area contributed by atoms with Crippen molar-refractivity contribution in [1.29, 1.82) is 0 Å². The van der Waals surface area contributed by atoms with Crippen molar-refractivity contribution >= 4 is 46.3 Å². The van der Waals surface area contributed by atoms with E-state index in [-0.39, 0.29) is 24.5 Å². The Morgan fingerprint density at radius 1 is 1.28 bits per heavy atom. The molecule has 4 nitrogen and oxygen atoms in total. The zero-order chi connectivity index (χ0) is 17.8. The number of rotatable bonds is 4. The Kier molecular flexibility index (Phi) is 5.91. The topological polar surface area (TPSA) is 46.6 Å². The summed E-state index contributed by atoms with van der Waals surface area (Å²) < 4.78 is 5.90. The van der Waals surface area contributed by atoms with Crippen molar-refractivity contribution in [3.05, 3.63) is 40.3 Å². The van der Waals surface area contributed by atoms with Crippen molar-refractivity contribution in [1.82, 2.24) is 4.90 Å². The smallest absolute Gasteiger partial charge is 0.326 e. The number of esters is 1. The first-order chi connectivity index (χ1) is 12.0. The molecule has 1 aromatic carbocycles. The van der Waals surface area contributed by atoms with Gasteiger partial charge in [-0.05, 0) is 44.2 Å². The average Bonchev–Trinajstić information content (AvgIpc) is 2.85. The Labute approximate surface area is 157 Å². The van der Waals surface area contributed by atoms with E-state index < -0.39 is 0 Å². The molecule has 25 heavy (non-hydrogen) atoms. The van der Waals surface area contributed by atoms with Crippen molar-refractivity contribution in [2.45, 2.75) is 45.1 Å². The van der Waals surface area contributed by atoms with E-state index in [0.717, 1.165) is 36.8 Å². The molecule has 0 radical (unpaired) electrons. The first-order valence-corrected chi connectivity index (χ1v) is 9.77. The number of nitrogens with zero attached hydrogens (tertiary/aromatic N) is 1. The fourth-order valence-electron chi connectivity index (χ4n) is 2.99. The zero-order valence-electron chi connectivity index (χ0n) is 14.2. The SMILES string of the molecule is Cc1ccc(/C=C2\SC(=S)N(CC(=O)OC3CCCCC3)C2=O)cc1. The highest BCUT2D eigenvalue weighted by atomic mass is 32.2. The molecule has 0 spiro atoms. The first-order valence-electron chi connectivity index (χ1n) is 8.54. The summed E-state index contributed by atoms with van der Waals surface area (Å²) in [5.74, 6) is -0.601. The van der Waals surface area contributed by atoms with E-state index in [9.17, 15) is 9.59 Å². The second-order valence-corrected chi connectivity index (χ2v) is 8.10. The predicted molar refractivity (Wildman–Crippen MR) is 104 cm³/mol. The van der Waals surface area contributed by atoms with Gasteiger partial charge in [0.05, 0.1) is 4.91 Å². The molecule has 3 rings (SSSR count). The van der Waals surface area contributed by atoms with E-state index in [1.807, 2.05) is 37.3 Å². The highest BCUT2D eigenvalue weighted by molar-refractivity contribution is 8.26. The highest BCUT2D eigenvalue weighted by Gasteiger charge is 2.34. The van der Waals surface area contributed by atoms with Gasteiger partial charge in [-0.2, -0.15) is 0 Å². The summed E-state index contributed by atoms with van der Waals surface area (Å²) >= 11 is 6.50. The van der Waals surface area contributed by atoms with Gasteiger partial charge < -0.3 is 4.74 Å². The van der Waals surface area contributed by atoms with Crippen LogP contribution in [-0.4, -0.2) is 33.7 Å². The summed E-state index contributed by atoms with van der Waals surface area (Å²) in [4.78, 5) is 26.6. The molecule has 1 aliphatic heterocycles. The molecule has 0 atom stereocenters. The van der Waals surface area contributed by atoms with Crippen molar-refractivity contribution < 1.29 is 14.3 Å². The number of carbonyl (C=O) groups is 2. The van der Waals surface area contributed by atoms with Crippen LogP contribution in [-0.2, 0) is 14.3 Å². The van der Waals surface area contributed by atoms with E-state index in [2.05, 4.69) is 0 Å². The van der Waals surface area contributed by atoms with E-state index in [1.54, 1.807) is 0 Å². The van der Waals surface area contributed by atoms with Gasteiger partial charge in [0.1, 0.15) is 17.0 Å². The minimum Gasteiger partial charge on any atom is -0.461 e. The first kappa shape index (κ1) is 18.1. The fourth-order valence-corrected chi connectivity index (χ4v) is 4.24. The Morgan fingerprint density at radius 3 is 2.64 bits per heavy atom. The fraction of sp³-hybridized carbons (Fsp3) is 0.421. The summed E-state index contributed by atoms with van der Waals surface area (Å²) in [6.45, 7) is 1.91. The second kappa shape index (κ2) is 8.15. The maximum absolute atomic E-state index is 12.6. The monoisotopic (exact) mass is 375 g/mol. The van der Waals surface area contributed by atoms with Gasteiger partial charge in [0.25, 0.3) is 5.91 Å². The maximum atomic E-state index is 12.6. The minimum atomic E-state index is -0.375. The molecule has 132 valence electrons. The third-order valence-electron chi connectivity index (χ3n) is 4.39. The van der Waals surface area contributed by atoms with Crippen LogP contribution in [0.25, 0.3) is 6.08 Å². The van der Waals surface area contributed by atoms with Crippen molar-refractivity contribution in [3.63, 3.8) is 0 Å². The summed E-state index contributed by atoms with van der Waals surface area (Å²) in [5.41, 5.74) is 2.10. The molecule has 0 unspecified atom stereocenters. The number of hydrogen-bond acceptors (Lipinski definition) is 5. The Bertz CT molecular complexity index is 706. The summed E-state index contributed by atoms with van der Waals surface area (Å²) in [5, 5.41) is 0. The van der Waals surface area contributed by atoms with Crippen molar-refractivity contribution in [2.75, 3.05) is 6.54 Å². The van der Waals surface area contributed by atoms with E-state index in [4.69, 9.17) is 17.0 Å². The lowest BCUT2D eigenvalue weighted by Crippen LogP contribution is -2.36. The number of amides is 1. The zero-order valence-corrected chi connectivity index (χ0v) is 15.8. The summed E-state index contributed by atoms with van der Waals surface area (Å²) in [6, 6.07) is 7.90. The molecule has 1 heterocycles. The third-order valence-corrected chi connectivity index (χ3v) is 5.76. The lowest BCUT2D eigenvalue weighted by molar-refractivity contribution is -0.152. The average molecular weight is 376 g/mol. The van der Waals surface area contributed by atoms with Gasteiger partial charge in [0.15, 0.2) is 0 Å². The second-order valence-electron chi connectivity index (χ2n) is 6.43. The minimum absolute atomic E-state index is 0.0113. The molecular formula is C19H21NO3S2. The standard InChI is InChI=1S/C19H21NO3S2/c1-13-7-9-14(10-8-13)11-16-18(22)20(19(24)25-16)12-17(21)23-15-5-3-2-4-6-15/h7-11,15H,2-6,12H2,1H3/b16-11-. The van der Waals surface area contributed by atoms with Crippen LogP contribution in [0.15, 0.2) is 29.2 Å². The van der Waals surface area contributed by atoms with Gasteiger partial charge in [0, 0.05) is 0 Å². The van der Waals surface area contributed by atoms with Crippen LogP contribution in [0.3, 0.4) is 0 Å². The predicted octanol–water partition coefficient (Wildman–Crippen LogP) is 4.07. The Hall–Kier alpha value is -1.66. The van der Waals surface area contributed by atoms with Gasteiger partial charge in [-0.15, -0.1) is 0 Å². The van der Waals surface area contributed by atoms with Gasteiger partial charge in [0.2, 0.25) is 0 Å². The van der Waals surface area contributed by atoms with Gasteiger partial charge in [-0.1, -0.05) is 60.2 Å². The number of hydrogen-bond donors (Lipinski definition) is 0. The number of thioether (sulfide) groups is 1. The molecule has 0 aromatic heterocycles. The van der Waals surface area contributed by atoms with Crippen LogP contribution >= 0.6 is 24.0 Å². The molecule has 1 saturated carbocycles. The number of ether oxygens (including phenoxy) is 1. The van der Waals surface area contributed by atoms with Gasteiger partial charge >= 0.3 is 5.97 Å². The highest BCUT2D eigenvalue weighted by Crippen LogP contribution is 2.32. The van der Waals surface area contributed by atoms with Crippen LogP contribution in [0, 0.1) is 6.92 Å². The lowest BCUT2D eigenvalue weighted by Gasteiger charge is -2.23. The molecule has 2 aliphatic rings. The summed E-state index contributed by atoms with van der Waals surface area (Å²) in [6.07, 6.45) is 7.02. The quantitative estimate of drug-likeness (QED) is 0.451. The largest absolute Gasteiger partial charge is 0.461 e. The molecular weight excluding hydrogens is 354 g/mol. The maximum Gasteiger partial charge on any atom is 0.326 e. The molecule has 2 fully saturated rings. The van der Waals surface area contributed by atoms with E-state index in [1.165, 1.54) is 23.1 Å². The van der Waals surface area contributed by atoms with Crippen LogP contribution in [0.2, 0.25) is 0 Å². The number of aryl methyl sites for hydroxylation is 1. The van der Waals surface area contributed by atoms with E-state index in [0.29, 0.717) is 9.23 Å². The van der Waals surface area contributed by atoms with Gasteiger partial charge in [-0.3, -0.25) is 14.5 Å². The Balaban J connectivity index is 1.62.